The molecule has 4 aromatic rings. The van der Waals surface area contributed by atoms with Crippen LogP contribution in [-0.2, 0) is 18.6 Å². The van der Waals surface area contributed by atoms with E-state index in [4.69, 9.17) is 28.1 Å². The molecule has 2 heterocycles. The smallest absolute Gasteiger partial charge is 0.493 e. The van der Waals surface area contributed by atoms with E-state index in [1.165, 1.54) is 0 Å². The summed E-state index contributed by atoms with van der Waals surface area (Å²) in [6.07, 6.45) is 4.07. The second kappa shape index (κ2) is 13.1. The van der Waals surface area contributed by atoms with Gasteiger partial charge in [0.05, 0.1) is 36.1 Å². The van der Waals surface area contributed by atoms with E-state index >= 15 is 0 Å². The average molecular weight is 636 g/mol. The lowest BCUT2D eigenvalue weighted by Crippen LogP contribution is -2.41. The number of ether oxygens (including phenoxy) is 2. The third-order valence-electron chi connectivity index (χ3n) is 10.3. The molecule has 248 valence electrons. The summed E-state index contributed by atoms with van der Waals surface area (Å²) in [5, 5.41) is 4.37. The lowest BCUT2D eigenvalue weighted by molar-refractivity contribution is 0.00578. The predicted octanol–water partition coefficient (Wildman–Crippen LogP) is 8.23. The van der Waals surface area contributed by atoms with Gasteiger partial charge in [-0.25, -0.2) is 0 Å². The second-order valence-corrected chi connectivity index (χ2v) is 14.7. The summed E-state index contributed by atoms with van der Waals surface area (Å²) in [5.74, 6) is 1.70. The van der Waals surface area contributed by atoms with Crippen LogP contribution in [0, 0.1) is 0 Å². The largest absolute Gasteiger partial charge is 0.494 e. The molecule has 0 amide bonds. The first-order chi connectivity index (χ1) is 22.3. The molecule has 6 rings (SSSR count). The van der Waals surface area contributed by atoms with Gasteiger partial charge >= 0.3 is 14.2 Å². The van der Waals surface area contributed by atoms with Crippen LogP contribution in [0.2, 0.25) is 0 Å². The van der Waals surface area contributed by atoms with E-state index in [0.717, 1.165) is 80.8 Å². The molecular weight excluding hydrogens is 586 g/mol. The van der Waals surface area contributed by atoms with Crippen molar-refractivity contribution >= 4 is 46.7 Å². The molecule has 0 aliphatic carbocycles. The van der Waals surface area contributed by atoms with Gasteiger partial charge in [-0.3, -0.25) is 0 Å². The Bertz CT molecular complexity index is 1730. The monoisotopic (exact) mass is 636 g/mol. The van der Waals surface area contributed by atoms with Crippen LogP contribution in [0.5, 0.6) is 11.5 Å². The molecule has 0 bridgehead atoms. The molecule has 2 aliphatic rings. The zero-order valence-electron chi connectivity index (χ0n) is 29.7. The van der Waals surface area contributed by atoms with Crippen LogP contribution in [0.15, 0.2) is 60.7 Å². The lowest BCUT2D eigenvalue weighted by Gasteiger charge is -2.32. The van der Waals surface area contributed by atoms with Crippen LogP contribution in [-0.4, -0.2) is 50.4 Å². The molecule has 6 nitrogen and oxygen atoms in total. The summed E-state index contributed by atoms with van der Waals surface area (Å²) in [7, 11) is -0.850. The normalized spacial score (nSPS) is 20.0. The minimum atomic E-state index is -0.440. The molecule has 2 aliphatic heterocycles. The van der Waals surface area contributed by atoms with Crippen molar-refractivity contribution in [1.29, 1.82) is 0 Å². The van der Waals surface area contributed by atoms with Crippen molar-refractivity contribution in [2.75, 3.05) is 13.2 Å². The van der Waals surface area contributed by atoms with Gasteiger partial charge < -0.3 is 28.1 Å². The van der Waals surface area contributed by atoms with E-state index in [0.29, 0.717) is 13.2 Å². The molecule has 0 N–H and O–H groups in total. The molecule has 2 saturated heterocycles. The van der Waals surface area contributed by atoms with Crippen LogP contribution >= 0.6 is 0 Å². The maximum atomic E-state index is 6.55. The Morgan fingerprint density at radius 2 is 1.09 bits per heavy atom. The van der Waals surface area contributed by atoms with Gasteiger partial charge in [0.2, 0.25) is 0 Å². The summed E-state index contributed by atoms with van der Waals surface area (Å²) in [5.41, 5.74) is 2.89. The topological polar surface area (TPSA) is 55.4 Å². The summed E-state index contributed by atoms with van der Waals surface area (Å²) < 4.78 is 38.5. The Morgan fingerprint density at radius 1 is 0.617 bits per heavy atom. The third kappa shape index (κ3) is 6.55. The summed E-state index contributed by atoms with van der Waals surface area (Å²) in [4.78, 5) is 0. The number of benzene rings is 4. The zero-order chi connectivity index (χ0) is 33.6. The molecule has 0 radical (unpaired) electrons. The Hall–Kier alpha value is -3.03. The summed E-state index contributed by atoms with van der Waals surface area (Å²) >= 11 is 0. The van der Waals surface area contributed by atoms with Crippen molar-refractivity contribution in [2.45, 2.75) is 111 Å². The molecule has 2 fully saturated rings. The number of hydrogen-bond donors (Lipinski definition) is 0. The molecule has 0 saturated carbocycles. The second-order valence-electron chi connectivity index (χ2n) is 14.7. The van der Waals surface area contributed by atoms with E-state index in [9.17, 15) is 0 Å². The molecule has 1 unspecified atom stereocenters. The molecular formula is C39H50B2O6. The van der Waals surface area contributed by atoms with Crippen molar-refractivity contribution in [1.82, 2.24) is 0 Å². The minimum absolute atomic E-state index is 0.00585. The molecule has 0 spiro atoms. The Morgan fingerprint density at radius 3 is 1.51 bits per heavy atom. The van der Waals surface area contributed by atoms with E-state index in [2.05, 4.69) is 123 Å². The zero-order valence-corrected chi connectivity index (χ0v) is 29.7. The van der Waals surface area contributed by atoms with Crippen molar-refractivity contribution in [3.8, 4) is 22.6 Å². The fourth-order valence-corrected chi connectivity index (χ4v) is 6.23. The van der Waals surface area contributed by atoms with E-state index in [1.54, 1.807) is 0 Å². The van der Waals surface area contributed by atoms with E-state index < -0.39 is 25.4 Å². The molecule has 4 aromatic carbocycles. The standard InChI is InChI=1S/C39H50B2O6/c1-10-12-22-42-33-20-14-27-24-29(40-44-26(3)37(4,5)45-40)16-18-31(27)35(33)36-32-19-17-30(41-46-38(6,7)39(8,9)47-41)25-28(32)15-21-34(36)43-23-13-11-2/h14-21,24-26H,10-13,22-23H2,1-9H3. The molecule has 0 aromatic heterocycles. The summed E-state index contributed by atoms with van der Waals surface area (Å²) in [6, 6.07) is 21.5. The maximum Gasteiger partial charge on any atom is 0.494 e. The number of unbranched alkanes of at least 4 members (excludes halogenated alkanes) is 2. The maximum absolute atomic E-state index is 6.55. The predicted molar refractivity (Wildman–Crippen MR) is 195 cm³/mol. The van der Waals surface area contributed by atoms with Gasteiger partial charge in [-0.2, -0.15) is 0 Å². The SMILES string of the molecule is CCCCOc1ccc2cc(B3OC(C)C(C)(C)O3)ccc2c1-c1c(OCCCC)ccc2cc(B3OC(C)(C)C(C)(C)O3)ccc12. The van der Waals surface area contributed by atoms with E-state index in [1.807, 2.05) is 0 Å². The summed E-state index contributed by atoms with van der Waals surface area (Å²) in [6.45, 7) is 20.2. The van der Waals surface area contributed by atoms with Gasteiger partial charge in [0.15, 0.2) is 0 Å². The molecule has 1 atom stereocenters. The minimum Gasteiger partial charge on any atom is -0.493 e. The van der Waals surface area contributed by atoms with Gasteiger partial charge in [0.1, 0.15) is 11.5 Å². The fourth-order valence-electron chi connectivity index (χ4n) is 6.23. The van der Waals surface area contributed by atoms with E-state index in [-0.39, 0.29) is 11.7 Å². The third-order valence-corrected chi connectivity index (χ3v) is 10.3. The quantitative estimate of drug-likeness (QED) is 0.122. The van der Waals surface area contributed by atoms with Crippen molar-refractivity contribution in [2.24, 2.45) is 0 Å². The number of rotatable bonds is 11. The first-order valence-electron chi connectivity index (χ1n) is 17.4. The van der Waals surface area contributed by atoms with Gasteiger partial charge in [0.25, 0.3) is 0 Å². The first-order valence-corrected chi connectivity index (χ1v) is 17.4. The van der Waals surface area contributed by atoms with Gasteiger partial charge in [-0.1, -0.05) is 75.2 Å². The van der Waals surface area contributed by atoms with Crippen molar-refractivity contribution in [3.05, 3.63) is 60.7 Å². The highest BCUT2D eigenvalue weighted by Gasteiger charge is 2.51. The Labute approximate surface area is 281 Å². The van der Waals surface area contributed by atoms with Gasteiger partial charge in [-0.05, 0) is 106 Å². The molecule has 47 heavy (non-hydrogen) atoms. The van der Waals surface area contributed by atoms with Crippen LogP contribution in [0.25, 0.3) is 32.7 Å². The highest BCUT2D eigenvalue weighted by molar-refractivity contribution is 6.63. The number of fused-ring (bicyclic) bond motifs is 2. The van der Waals surface area contributed by atoms with Crippen LogP contribution in [0.1, 0.15) is 88.0 Å². The van der Waals surface area contributed by atoms with Crippen molar-refractivity contribution < 1.29 is 28.1 Å². The Balaban J connectivity index is 1.51. The fraction of sp³-hybridized carbons (Fsp3) is 0.487. The number of hydrogen-bond acceptors (Lipinski definition) is 6. The van der Waals surface area contributed by atoms with Crippen LogP contribution in [0.4, 0.5) is 0 Å². The highest BCUT2D eigenvalue weighted by atomic mass is 16.7. The average Bonchev–Trinajstić information content (AvgIpc) is 3.44. The van der Waals surface area contributed by atoms with Crippen LogP contribution in [0.3, 0.4) is 0 Å². The van der Waals surface area contributed by atoms with Gasteiger partial charge in [-0.15, -0.1) is 0 Å². The Kier molecular flexibility index (Phi) is 9.45. The van der Waals surface area contributed by atoms with Crippen molar-refractivity contribution in [3.63, 3.8) is 0 Å². The highest BCUT2D eigenvalue weighted by Crippen LogP contribution is 2.46. The lowest BCUT2D eigenvalue weighted by atomic mass is 9.77. The molecule has 8 heteroatoms. The van der Waals surface area contributed by atoms with Gasteiger partial charge in [0, 0.05) is 11.1 Å². The van der Waals surface area contributed by atoms with Crippen LogP contribution < -0.4 is 20.4 Å². The first kappa shape index (κ1) is 33.9.